The van der Waals surface area contributed by atoms with Crippen LogP contribution in [0.4, 0.5) is 11.4 Å². The van der Waals surface area contributed by atoms with Gasteiger partial charge >= 0.3 is 0 Å². The van der Waals surface area contributed by atoms with E-state index in [1.54, 1.807) is 11.3 Å². The number of unbranched alkanes of at least 4 members (excludes halogenated alkanes) is 5. The smallest absolute Gasteiger partial charge is 0.0553 e. The monoisotopic (exact) mass is 445 g/mol. The molecule has 0 unspecified atom stereocenters. The molecule has 2 heterocycles. The Kier molecular flexibility index (Phi) is 7.71. The van der Waals surface area contributed by atoms with Gasteiger partial charge in [-0.15, -0.1) is 11.3 Å². The Bertz CT molecular complexity index is 1050. The highest BCUT2D eigenvalue weighted by atomic mass is 32.2. The number of rotatable bonds is 10. The molecule has 3 aromatic rings. The number of fused-ring (bicyclic) bond motifs is 2. The van der Waals surface area contributed by atoms with Crippen molar-refractivity contribution in [3.05, 3.63) is 76.5 Å². The molecule has 3 heteroatoms. The van der Waals surface area contributed by atoms with Crippen molar-refractivity contribution in [1.82, 2.24) is 0 Å². The molecule has 1 nitrogen and oxygen atoms in total. The highest BCUT2D eigenvalue weighted by Crippen LogP contribution is 2.48. The van der Waals surface area contributed by atoms with Crippen LogP contribution in [0, 0.1) is 0 Å². The molecule has 4 rings (SSSR count). The number of thiophene rings is 1. The summed E-state index contributed by atoms with van der Waals surface area (Å²) in [5.74, 6) is 0. The van der Waals surface area contributed by atoms with Crippen molar-refractivity contribution in [2.75, 3.05) is 11.4 Å². The maximum atomic E-state index is 3.85. The number of anilines is 2. The minimum atomic E-state index is 1.09. The van der Waals surface area contributed by atoms with E-state index in [9.17, 15) is 0 Å². The lowest BCUT2D eigenvalue weighted by molar-refractivity contribution is 0.608. The third-order valence-corrected chi connectivity index (χ3v) is 7.83. The van der Waals surface area contributed by atoms with Crippen LogP contribution in [0.3, 0.4) is 0 Å². The molecule has 0 saturated carbocycles. The van der Waals surface area contributed by atoms with Crippen molar-refractivity contribution in [3.63, 3.8) is 0 Å². The van der Waals surface area contributed by atoms with Gasteiger partial charge in [0, 0.05) is 26.1 Å². The maximum Gasteiger partial charge on any atom is 0.0553 e. The molecule has 2 aromatic carbocycles. The highest BCUT2D eigenvalue weighted by Gasteiger charge is 2.22. The summed E-state index contributed by atoms with van der Waals surface area (Å²) in [7, 11) is 0. The molecule has 0 saturated heterocycles. The molecular formula is C28H31NS2. The first-order chi connectivity index (χ1) is 15.3. The number of para-hydroxylation sites is 1. The summed E-state index contributed by atoms with van der Waals surface area (Å²) in [5.41, 5.74) is 3.95. The van der Waals surface area contributed by atoms with E-state index in [0.29, 0.717) is 0 Å². The van der Waals surface area contributed by atoms with Gasteiger partial charge in [0.15, 0.2) is 0 Å². The van der Waals surface area contributed by atoms with Gasteiger partial charge in [0.05, 0.1) is 11.4 Å². The summed E-state index contributed by atoms with van der Waals surface area (Å²) in [6, 6.07) is 20.0. The van der Waals surface area contributed by atoms with Crippen LogP contribution in [0.15, 0.2) is 71.0 Å². The Hall–Kier alpha value is -2.23. The second-order valence-corrected chi connectivity index (χ2v) is 10.2. The van der Waals surface area contributed by atoms with E-state index in [1.807, 2.05) is 17.8 Å². The summed E-state index contributed by atoms with van der Waals surface area (Å²) < 4.78 is 0. The summed E-state index contributed by atoms with van der Waals surface area (Å²) >= 11 is 3.66. The molecular weight excluding hydrogens is 414 g/mol. The third kappa shape index (κ3) is 5.53. The van der Waals surface area contributed by atoms with Crippen LogP contribution in [0.1, 0.15) is 60.8 Å². The average molecular weight is 446 g/mol. The maximum absolute atomic E-state index is 3.85. The third-order valence-electron chi connectivity index (χ3n) is 5.67. The molecule has 0 bridgehead atoms. The number of nitrogens with zero attached hydrogens (tertiary/aromatic N) is 1. The number of benzene rings is 2. The average Bonchev–Trinajstić information content (AvgIpc) is 3.27. The van der Waals surface area contributed by atoms with E-state index in [0.717, 1.165) is 6.54 Å². The minimum Gasteiger partial charge on any atom is -0.340 e. The minimum absolute atomic E-state index is 1.09. The van der Waals surface area contributed by atoms with Crippen LogP contribution < -0.4 is 4.90 Å². The standard InChI is InChI=1S/C28H31NS2/c1-3-5-6-7-8-11-20-29-25-12-9-10-13-27(25)31-28-21-22(15-19-26(28)29)14-16-24-18-17-23(4-2)30-24/h4,9-10,12-19,21H,2-3,5-8,11,20H2,1H3/b16-14+. The van der Waals surface area contributed by atoms with Gasteiger partial charge in [-0.05, 0) is 54.5 Å². The summed E-state index contributed by atoms with van der Waals surface area (Å²) in [4.78, 5) is 7.71. The van der Waals surface area contributed by atoms with Gasteiger partial charge in [0.1, 0.15) is 0 Å². The Morgan fingerprint density at radius 1 is 0.806 bits per heavy atom. The molecule has 1 aliphatic rings. The van der Waals surface area contributed by atoms with Crippen molar-refractivity contribution in [1.29, 1.82) is 0 Å². The van der Waals surface area contributed by atoms with Gasteiger partial charge in [-0.1, -0.05) is 87.7 Å². The quantitative estimate of drug-likeness (QED) is 0.286. The van der Waals surface area contributed by atoms with Crippen LogP contribution in [0.25, 0.3) is 18.2 Å². The lowest BCUT2D eigenvalue weighted by atomic mass is 10.1. The van der Waals surface area contributed by atoms with Crippen LogP contribution >= 0.6 is 23.1 Å². The van der Waals surface area contributed by atoms with Crippen LogP contribution in [0.2, 0.25) is 0 Å². The van der Waals surface area contributed by atoms with Gasteiger partial charge in [-0.2, -0.15) is 0 Å². The van der Waals surface area contributed by atoms with Crippen molar-refractivity contribution < 1.29 is 0 Å². The van der Waals surface area contributed by atoms with Crippen LogP contribution in [0.5, 0.6) is 0 Å². The van der Waals surface area contributed by atoms with E-state index in [2.05, 4.69) is 85.2 Å². The van der Waals surface area contributed by atoms with Crippen LogP contribution in [-0.4, -0.2) is 6.54 Å². The van der Waals surface area contributed by atoms with Crippen molar-refractivity contribution in [2.45, 2.75) is 55.2 Å². The zero-order valence-corrected chi connectivity index (χ0v) is 20.0. The summed E-state index contributed by atoms with van der Waals surface area (Å²) in [6.45, 7) is 7.22. The zero-order valence-electron chi connectivity index (χ0n) is 18.3. The topological polar surface area (TPSA) is 3.24 Å². The van der Waals surface area contributed by atoms with E-state index in [4.69, 9.17) is 0 Å². The summed E-state index contributed by atoms with van der Waals surface area (Å²) in [6.07, 6.45) is 14.3. The molecule has 0 N–H and O–H groups in total. The number of hydrogen-bond donors (Lipinski definition) is 0. The molecule has 0 radical (unpaired) electrons. The molecule has 0 fully saturated rings. The molecule has 0 spiro atoms. The lowest BCUT2D eigenvalue weighted by Crippen LogP contribution is -2.22. The van der Waals surface area contributed by atoms with Crippen molar-refractivity contribution in [2.24, 2.45) is 0 Å². The molecule has 160 valence electrons. The lowest BCUT2D eigenvalue weighted by Gasteiger charge is -2.33. The first-order valence-electron chi connectivity index (χ1n) is 11.4. The van der Waals surface area contributed by atoms with Gasteiger partial charge < -0.3 is 4.90 Å². The first kappa shape index (κ1) is 22.0. The zero-order chi connectivity index (χ0) is 21.5. The van der Waals surface area contributed by atoms with Crippen LogP contribution in [-0.2, 0) is 0 Å². The Labute approximate surface area is 195 Å². The predicted octanol–water partition coefficient (Wildman–Crippen LogP) is 9.52. The highest BCUT2D eigenvalue weighted by molar-refractivity contribution is 7.99. The van der Waals surface area contributed by atoms with E-state index >= 15 is 0 Å². The normalized spacial score (nSPS) is 12.7. The van der Waals surface area contributed by atoms with Gasteiger partial charge in [-0.25, -0.2) is 0 Å². The Balaban J connectivity index is 1.51. The van der Waals surface area contributed by atoms with E-state index in [1.165, 1.54) is 75.0 Å². The fraction of sp³-hybridized carbons (Fsp3) is 0.286. The van der Waals surface area contributed by atoms with Gasteiger partial charge in [0.2, 0.25) is 0 Å². The van der Waals surface area contributed by atoms with Crippen molar-refractivity contribution in [3.8, 4) is 0 Å². The number of hydrogen-bond acceptors (Lipinski definition) is 3. The van der Waals surface area contributed by atoms with Gasteiger partial charge in [0.25, 0.3) is 0 Å². The molecule has 0 aliphatic carbocycles. The first-order valence-corrected chi connectivity index (χ1v) is 13.0. The Morgan fingerprint density at radius 2 is 1.58 bits per heavy atom. The van der Waals surface area contributed by atoms with Crippen molar-refractivity contribution >= 4 is 52.7 Å². The summed E-state index contributed by atoms with van der Waals surface area (Å²) in [5, 5.41) is 0. The second kappa shape index (κ2) is 10.9. The second-order valence-electron chi connectivity index (χ2n) is 7.99. The van der Waals surface area contributed by atoms with E-state index < -0.39 is 0 Å². The fourth-order valence-corrected chi connectivity index (χ4v) is 5.90. The molecule has 31 heavy (non-hydrogen) atoms. The fourth-order valence-electron chi connectivity index (χ4n) is 3.99. The predicted molar refractivity (Wildman–Crippen MR) is 141 cm³/mol. The molecule has 1 aromatic heterocycles. The SMILES string of the molecule is C=Cc1ccc(/C=C/c2ccc3c(c2)Sc2ccccc2N3CCCCCCCC)s1. The van der Waals surface area contributed by atoms with Gasteiger partial charge in [-0.3, -0.25) is 0 Å². The largest absolute Gasteiger partial charge is 0.340 e. The molecule has 0 amide bonds. The molecule has 1 aliphatic heterocycles. The molecule has 0 atom stereocenters. The Morgan fingerprint density at radius 3 is 2.42 bits per heavy atom. The van der Waals surface area contributed by atoms with E-state index in [-0.39, 0.29) is 0 Å².